The smallest absolute Gasteiger partial charge is 0.132 e. The van der Waals surface area contributed by atoms with E-state index in [0.717, 1.165) is 35.8 Å². The number of aromatic nitrogens is 4. The number of nitrogens with zero attached hydrogens (tertiary/aromatic N) is 5. The normalized spacial score (nSPS) is 26.3. The van der Waals surface area contributed by atoms with E-state index in [1.807, 2.05) is 17.1 Å². The minimum atomic E-state index is 0.384. The molecule has 0 amide bonds. The fourth-order valence-corrected chi connectivity index (χ4v) is 6.09. The third-order valence-electron chi connectivity index (χ3n) is 8.63. The van der Waals surface area contributed by atoms with Crippen molar-refractivity contribution < 1.29 is 0 Å². The molecule has 2 atom stereocenters. The highest BCUT2D eigenvalue weighted by Gasteiger charge is 2.30. The van der Waals surface area contributed by atoms with E-state index in [-0.39, 0.29) is 0 Å². The summed E-state index contributed by atoms with van der Waals surface area (Å²) < 4.78 is 2.04. The molecule has 174 valence electrons. The van der Waals surface area contributed by atoms with Gasteiger partial charge in [-0.25, -0.2) is 9.97 Å². The van der Waals surface area contributed by atoms with E-state index in [2.05, 4.69) is 37.0 Å². The van der Waals surface area contributed by atoms with Gasteiger partial charge in [0.15, 0.2) is 0 Å². The van der Waals surface area contributed by atoms with E-state index in [4.69, 9.17) is 9.97 Å². The topological polar surface area (TPSA) is 46.8 Å². The Bertz CT molecular complexity index is 887. The summed E-state index contributed by atoms with van der Waals surface area (Å²) in [5, 5.41) is 4.55. The molecule has 2 aliphatic carbocycles. The van der Waals surface area contributed by atoms with Crippen molar-refractivity contribution in [3.63, 3.8) is 0 Å². The van der Waals surface area contributed by atoms with Crippen molar-refractivity contribution in [2.24, 2.45) is 24.8 Å². The predicted octanol–water partition coefficient (Wildman–Crippen LogP) is 5.61. The quantitative estimate of drug-likeness (QED) is 0.540. The van der Waals surface area contributed by atoms with Crippen LogP contribution < -0.4 is 0 Å². The largest absolute Gasteiger partial charge is 0.300 e. The van der Waals surface area contributed by atoms with E-state index >= 15 is 0 Å². The summed E-state index contributed by atoms with van der Waals surface area (Å²) in [5.74, 6) is 3.71. The molecule has 0 N–H and O–H groups in total. The molecule has 32 heavy (non-hydrogen) atoms. The van der Waals surface area contributed by atoms with Crippen molar-refractivity contribution in [1.82, 2.24) is 24.6 Å². The lowest BCUT2D eigenvalue weighted by Crippen LogP contribution is -2.36. The van der Waals surface area contributed by atoms with E-state index < -0.39 is 0 Å². The molecule has 2 aromatic rings. The first-order valence-corrected chi connectivity index (χ1v) is 13.2. The Labute approximate surface area is 194 Å². The van der Waals surface area contributed by atoms with Gasteiger partial charge in [-0.3, -0.25) is 4.68 Å². The summed E-state index contributed by atoms with van der Waals surface area (Å²) in [4.78, 5) is 12.5. The van der Waals surface area contributed by atoms with Gasteiger partial charge in [-0.15, -0.1) is 0 Å². The Balaban J connectivity index is 1.21. The first-order valence-electron chi connectivity index (χ1n) is 13.2. The average molecular weight is 436 g/mol. The van der Waals surface area contributed by atoms with Crippen LogP contribution in [-0.4, -0.2) is 43.8 Å². The molecule has 0 radical (unpaired) electrons. The van der Waals surface area contributed by atoms with Gasteiger partial charge in [0.2, 0.25) is 0 Å². The summed E-state index contributed by atoms with van der Waals surface area (Å²) in [7, 11) is 2.06. The van der Waals surface area contributed by atoms with E-state index in [9.17, 15) is 0 Å². The highest BCUT2D eigenvalue weighted by molar-refractivity contribution is 5.61. The maximum absolute atomic E-state index is 5.05. The number of aryl methyl sites for hydroxylation is 1. The van der Waals surface area contributed by atoms with Crippen molar-refractivity contribution in [3.05, 3.63) is 30.0 Å². The van der Waals surface area contributed by atoms with Gasteiger partial charge < -0.3 is 4.90 Å². The molecule has 1 unspecified atom stereocenters. The van der Waals surface area contributed by atoms with Gasteiger partial charge in [-0.2, -0.15) is 5.10 Å². The minimum absolute atomic E-state index is 0.384. The Morgan fingerprint density at radius 1 is 1.00 bits per heavy atom. The summed E-state index contributed by atoms with van der Waals surface area (Å²) in [6.07, 6.45) is 17.5. The predicted molar refractivity (Wildman–Crippen MR) is 129 cm³/mol. The molecule has 1 aliphatic heterocycles. The standard InChI is InChI=1S/C27H41N5/c1-19(16-21-8-10-23(11-9-21)32-14-4-5-15-32)20(2)27-28-13-12-25(30-27)24-18-29-31(3)26(24)17-22-6-7-22/h12-13,18-23H,4-11,14-17H2,1-3H3/t19-,20?,21?,23?/m1/s1. The summed E-state index contributed by atoms with van der Waals surface area (Å²) >= 11 is 0. The molecule has 0 spiro atoms. The van der Waals surface area contributed by atoms with Gasteiger partial charge in [0.05, 0.1) is 11.9 Å². The van der Waals surface area contributed by atoms with E-state index in [1.165, 1.54) is 82.1 Å². The van der Waals surface area contributed by atoms with Crippen molar-refractivity contribution in [1.29, 1.82) is 0 Å². The highest BCUT2D eigenvalue weighted by atomic mass is 15.3. The van der Waals surface area contributed by atoms with Crippen LogP contribution in [0.15, 0.2) is 18.5 Å². The number of hydrogen-bond donors (Lipinski definition) is 0. The fourth-order valence-electron chi connectivity index (χ4n) is 6.09. The molecule has 0 bridgehead atoms. The van der Waals surface area contributed by atoms with Crippen molar-refractivity contribution >= 4 is 0 Å². The van der Waals surface area contributed by atoms with Crippen molar-refractivity contribution in [3.8, 4) is 11.3 Å². The number of rotatable bonds is 8. The minimum Gasteiger partial charge on any atom is -0.300 e. The van der Waals surface area contributed by atoms with Crippen LogP contribution >= 0.6 is 0 Å². The van der Waals surface area contributed by atoms with Crippen LogP contribution in [0, 0.1) is 17.8 Å². The molecular weight excluding hydrogens is 394 g/mol. The monoisotopic (exact) mass is 435 g/mol. The number of hydrogen-bond acceptors (Lipinski definition) is 4. The van der Waals surface area contributed by atoms with Gasteiger partial charge in [-0.05, 0) is 101 Å². The highest BCUT2D eigenvalue weighted by Crippen LogP contribution is 2.37. The zero-order chi connectivity index (χ0) is 22.1. The Morgan fingerprint density at radius 2 is 1.72 bits per heavy atom. The lowest BCUT2D eigenvalue weighted by molar-refractivity contribution is 0.152. The molecule has 5 rings (SSSR count). The van der Waals surface area contributed by atoms with Crippen LogP contribution in [-0.2, 0) is 13.5 Å². The summed E-state index contributed by atoms with van der Waals surface area (Å²) in [5.41, 5.74) is 3.57. The van der Waals surface area contributed by atoms with Crippen LogP contribution in [0.3, 0.4) is 0 Å². The van der Waals surface area contributed by atoms with Gasteiger partial charge in [-0.1, -0.05) is 13.8 Å². The van der Waals surface area contributed by atoms with Crippen LogP contribution in [0.2, 0.25) is 0 Å². The van der Waals surface area contributed by atoms with Crippen LogP contribution in [0.25, 0.3) is 11.3 Å². The van der Waals surface area contributed by atoms with E-state index in [0.29, 0.717) is 11.8 Å². The zero-order valence-electron chi connectivity index (χ0n) is 20.3. The molecular formula is C27H41N5. The molecule has 5 nitrogen and oxygen atoms in total. The first-order chi connectivity index (χ1) is 15.6. The SMILES string of the molecule is CC(c1nccc(-c2cnn(C)c2CC2CC2)n1)[C@H](C)CC1CCC(N2CCCC2)CC1. The van der Waals surface area contributed by atoms with Crippen molar-refractivity contribution in [2.75, 3.05) is 13.1 Å². The molecule has 2 saturated carbocycles. The van der Waals surface area contributed by atoms with Gasteiger partial charge >= 0.3 is 0 Å². The summed E-state index contributed by atoms with van der Waals surface area (Å²) in [6.45, 7) is 7.43. The van der Waals surface area contributed by atoms with E-state index in [1.54, 1.807) is 0 Å². The molecule has 1 saturated heterocycles. The third-order valence-corrected chi connectivity index (χ3v) is 8.63. The average Bonchev–Trinajstić information content (AvgIpc) is 3.32. The molecule has 2 aromatic heterocycles. The molecule has 0 aromatic carbocycles. The molecule has 5 heteroatoms. The molecule has 3 heterocycles. The molecule has 3 aliphatic rings. The van der Waals surface area contributed by atoms with Gasteiger partial charge in [0, 0.05) is 36.5 Å². The van der Waals surface area contributed by atoms with Crippen LogP contribution in [0.5, 0.6) is 0 Å². The number of likely N-dealkylation sites (tertiary alicyclic amines) is 1. The second-order valence-corrected chi connectivity index (χ2v) is 11.0. The second-order valence-electron chi connectivity index (χ2n) is 11.0. The molecule has 3 fully saturated rings. The zero-order valence-corrected chi connectivity index (χ0v) is 20.3. The Kier molecular flexibility index (Phi) is 6.64. The lowest BCUT2D eigenvalue weighted by atomic mass is 9.77. The lowest BCUT2D eigenvalue weighted by Gasteiger charge is -2.36. The van der Waals surface area contributed by atoms with Gasteiger partial charge in [0.1, 0.15) is 5.82 Å². The fraction of sp³-hybridized carbons (Fsp3) is 0.741. The van der Waals surface area contributed by atoms with Crippen LogP contribution in [0.4, 0.5) is 0 Å². The summed E-state index contributed by atoms with van der Waals surface area (Å²) in [6, 6.07) is 2.93. The first kappa shape index (κ1) is 22.1. The van der Waals surface area contributed by atoms with Crippen molar-refractivity contribution in [2.45, 2.75) is 90.0 Å². The maximum atomic E-state index is 5.05. The van der Waals surface area contributed by atoms with Gasteiger partial charge in [0.25, 0.3) is 0 Å². The Hall–Kier alpha value is -1.75. The maximum Gasteiger partial charge on any atom is 0.132 e. The van der Waals surface area contributed by atoms with Crippen LogP contribution in [0.1, 0.15) is 89.1 Å². The third kappa shape index (κ3) is 4.93. The second kappa shape index (κ2) is 9.62. The Morgan fingerprint density at radius 3 is 2.44 bits per heavy atom.